The normalized spacial score (nSPS) is 30.1. The third kappa shape index (κ3) is 6.97. The lowest BCUT2D eigenvalue weighted by atomic mass is 9.78. The maximum Gasteiger partial charge on any atom is 0.242 e. The smallest absolute Gasteiger partial charge is 0.242 e. The first-order chi connectivity index (χ1) is 27.5. The van der Waals surface area contributed by atoms with Crippen LogP contribution in [0.5, 0.6) is 11.5 Å². The number of anilines is 1. The summed E-state index contributed by atoms with van der Waals surface area (Å²) in [5.74, 6) is -2.74. The average molecular weight is 790 g/mol. The van der Waals surface area contributed by atoms with E-state index in [0.717, 1.165) is 0 Å². The number of para-hydroxylation sites is 1. The SMILES string of the molecule is N[C@H]1NC(=O)[C@H]2NCN(c3ccccc3[C@H]3CCOC[C@@H]4O[C@H](Oc5c3cc3c(c5OC[C@H](O)CC=O)C(=O)c5cc(CO)ccc5C3=O)[C@@H](O)[C@H](O)[C@H]4O)[C@@H]2N1. The molecule has 2 bridgehead atoms. The fraction of sp³-hybridized carbons (Fsp3) is 0.436. The molecule has 3 aromatic carbocycles. The molecule has 57 heavy (non-hydrogen) atoms. The Morgan fingerprint density at radius 2 is 1.79 bits per heavy atom. The second-order valence-corrected chi connectivity index (χ2v) is 14.6. The topological polar surface area (TPSA) is 272 Å². The number of carbonyl (C=O) groups is 4. The summed E-state index contributed by atoms with van der Waals surface area (Å²) in [6.45, 7) is -0.877. The molecule has 0 spiro atoms. The van der Waals surface area contributed by atoms with Gasteiger partial charge < -0.3 is 59.5 Å². The van der Waals surface area contributed by atoms with Gasteiger partial charge in [-0.1, -0.05) is 24.3 Å². The van der Waals surface area contributed by atoms with Crippen molar-refractivity contribution in [2.45, 2.75) is 80.7 Å². The van der Waals surface area contributed by atoms with Crippen molar-refractivity contribution in [3.05, 3.63) is 87.5 Å². The van der Waals surface area contributed by atoms with Crippen molar-refractivity contribution in [3.63, 3.8) is 0 Å². The maximum atomic E-state index is 14.5. The van der Waals surface area contributed by atoms with E-state index in [1.807, 2.05) is 23.1 Å². The predicted molar refractivity (Wildman–Crippen MR) is 196 cm³/mol. The number of aliphatic hydroxyl groups is 5. The molecule has 5 aliphatic rings. The van der Waals surface area contributed by atoms with Crippen molar-refractivity contribution in [3.8, 4) is 11.5 Å². The summed E-state index contributed by atoms with van der Waals surface area (Å²) in [6.07, 6.45) is -10.4. The minimum Gasteiger partial charge on any atom is -0.486 e. The number of carbonyl (C=O) groups excluding carboxylic acids is 4. The standard InChI is InChI=1S/C39H43N5O13/c40-39-42-36-28(37(53)43-39)41-16-44(36)25-4-2-1-3-20(25)19-8-10-54-15-26-31(50)32(51)33(52)38(56-26)57-34-23(19)12-24-27(35(34)55-14-18(47)7-9-45)30(49)22-11-17(13-46)5-6-21(22)29(24)48/h1-6,9,11-12,18-19,26,28,31-33,36,38-39,41-42,46-47,50-52H,7-8,10,13-16,40H2,(H,43,53)/t18-,19-,26+,28+,31+,32-,33+,36+,38-,39-/m1/s1. The molecule has 1 aliphatic carbocycles. The van der Waals surface area contributed by atoms with Crippen LogP contribution in [0.2, 0.25) is 0 Å². The lowest BCUT2D eigenvalue weighted by Crippen LogP contribution is -2.70. The molecule has 10 N–H and O–H groups in total. The molecular formula is C39H43N5O13. The van der Waals surface area contributed by atoms with Gasteiger partial charge in [0, 0.05) is 46.9 Å². The molecule has 8 rings (SSSR count). The number of aliphatic hydroxyl groups excluding tert-OH is 5. The summed E-state index contributed by atoms with van der Waals surface area (Å²) in [5, 5.41) is 62.6. The molecule has 302 valence electrons. The molecule has 18 heteroatoms. The van der Waals surface area contributed by atoms with Crippen LogP contribution >= 0.6 is 0 Å². The van der Waals surface area contributed by atoms with E-state index in [9.17, 15) is 44.7 Å². The van der Waals surface area contributed by atoms with Gasteiger partial charge in [-0.3, -0.25) is 30.8 Å². The quantitative estimate of drug-likeness (QED) is 0.0878. The summed E-state index contributed by atoms with van der Waals surface area (Å²) in [7, 11) is 0. The molecule has 1 amide bonds. The highest BCUT2D eigenvalue weighted by Gasteiger charge is 2.48. The number of benzene rings is 3. The van der Waals surface area contributed by atoms with Crippen molar-refractivity contribution >= 4 is 29.4 Å². The van der Waals surface area contributed by atoms with Gasteiger partial charge in [0.25, 0.3) is 0 Å². The zero-order chi connectivity index (χ0) is 40.1. The minimum absolute atomic E-state index is 0.0184. The maximum absolute atomic E-state index is 14.5. The fourth-order valence-corrected chi connectivity index (χ4v) is 8.20. The lowest BCUT2D eigenvalue weighted by molar-refractivity contribution is -0.279. The Labute approximate surface area is 325 Å². The molecule has 0 saturated carbocycles. The van der Waals surface area contributed by atoms with E-state index in [1.165, 1.54) is 24.3 Å². The number of aldehydes is 1. The second kappa shape index (κ2) is 15.8. The van der Waals surface area contributed by atoms with Gasteiger partial charge in [-0.2, -0.15) is 0 Å². The van der Waals surface area contributed by atoms with Crippen LogP contribution in [0.3, 0.4) is 0 Å². The number of amides is 1. The Hall–Kier alpha value is -4.86. The average Bonchev–Trinajstić information content (AvgIpc) is 3.62. The van der Waals surface area contributed by atoms with Crippen LogP contribution in [0, 0.1) is 0 Å². The zero-order valence-corrected chi connectivity index (χ0v) is 30.4. The molecule has 18 nitrogen and oxygen atoms in total. The molecular weight excluding hydrogens is 746 g/mol. The van der Waals surface area contributed by atoms with Gasteiger partial charge in [0.05, 0.1) is 31.5 Å². The number of nitrogens with zero attached hydrogens (tertiary/aromatic N) is 1. The Kier molecular flexibility index (Phi) is 10.8. The highest BCUT2D eigenvalue weighted by molar-refractivity contribution is 6.29. The molecule has 3 aromatic rings. The molecule has 0 unspecified atom stereocenters. The van der Waals surface area contributed by atoms with Crippen LogP contribution in [0.1, 0.15) is 67.3 Å². The molecule has 3 saturated heterocycles. The van der Waals surface area contributed by atoms with Crippen LogP contribution in [0.15, 0.2) is 48.5 Å². The van der Waals surface area contributed by atoms with Gasteiger partial charge in [-0.15, -0.1) is 0 Å². The first-order valence-corrected chi connectivity index (χ1v) is 18.6. The number of rotatable bonds is 8. The van der Waals surface area contributed by atoms with E-state index in [-0.39, 0.29) is 77.9 Å². The van der Waals surface area contributed by atoms with Crippen LogP contribution in [-0.2, 0) is 25.7 Å². The van der Waals surface area contributed by atoms with E-state index in [4.69, 9.17) is 24.7 Å². The lowest BCUT2D eigenvalue weighted by Gasteiger charge is -2.40. The van der Waals surface area contributed by atoms with E-state index in [0.29, 0.717) is 23.1 Å². The van der Waals surface area contributed by atoms with Crippen LogP contribution in [0.25, 0.3) is 0 Å². The van der Waals surface area contributed by atoms with Crippen molar-refractivity contribution in [2.75, 3.05) is 31.4 Å². The Morgan fingerprint density at radius 1 is 0.982 bits per heavy atom. The fourth-order valence-electron chi connectivity index (χ4n) is 8.20. The Morgan fingerprint density at radius 3 is 2.58 bits per heavy atom. The summed E-state index contributed by atoms with van der Waals surface area (Å²) in [5.41, 5.74) is 7.83. The third-order valence-electron chi connectivity index (χ3n) is 11.1. The number of nitrogens with one attached hydrogen (secondary N) is 3. The molecule has 4 heterocycles. The summed E-state index contributed by atoms with van der Waals surface area (Å²) in [4.78, 5) is 55.2. The predicted octanol–water partition coefficient (Wildman–Crippen LogP) is -1.95. The summed E-state index contributed by atoms with van der Waals surface area (Å²) < 4.78 is 24.7. The van der Waals surface area contributed by atoms with Gasteiger partial charge in [-0.05, 0) is 41.8 Å². The van der Waals surface area contributed by atoms with Gasteiger partial charge in [0.2, 0.25) is 12.2 Å². The van der Waals surface area contributed by atoms with Crippen LogP contribution < -0.4 is 36.1 Å². The van der Waals surface area contributed by atoms with E-state index in [2.05, 4.69) is 16.0 Å². The Balaban J connectivity index is 1.36. The van der Waals surface area contributed by atoms with Crippen molar-refractivity contribution in [2.24, 2.45) is 5.73 Å². The van der Waals surface area contributed by atoms with Crippen molar-refractivity contribution in [1.29, 1.82) is 0 Å². The molecule has 10 atom stereocenters. The number of hydrogen-bond donors (Lipinski definition) is 9. The third-order valence-corrected chi connectivity index (χ3v) is 11.1. The monoisotopic (exact) mass is 789 g/mol. The summed E-state index contributed by atoms with van der Waals surface area (Å²) in [6, 6.07) is 12.6. The number of fused-ring (bicyclic) bond motifs is 6. The minimum atomic E-state index is -1.83. The number of ketones is 2. The van der Waals surface area contributed by atoms with Gasteiger partial charge in [0.15, 0.2) is 23.1 Å². The van der Waals surface area contributed by atoms with E-state index in [1.54, 1.807) is 6.07 Å². The number of ether oxygens (including phenoxy) is 4. The molecule has 0 radical (unpaired) electrons. The van der Waals surface area contributed by atoms with Crippen molar-refractivity contribution < 1.29 is 63.7 Å². The highest BCUT2D eigenvalue weighted by atomic mass is 16.7. The summed E-state index contributed by atoms with van der Waals surface area (Å²) >= 11 is 0. The first-order valence-electron chi connectivity index (χ1n) is 18.6. The van der Waals surface area contributed by atoms with Gasteiger partial charge in [-0.25, -0.2) is 0 Å². The number of nitrogens with two attached hydrogens (primary N) is 1. The van der Waals surface area contributed by atoms with Crippen LogP contribution in [-0.4, -0.2) is 131 Å². The largest absolute Gasteiger partial charge is 0.486 e. The van der Waals surface area contributed by atoms with Crippen LogP contribution in [0.4, 0.5) is 5.69 Å². The van der Waals surface area contributed by atoms with E-state index < -0.39 is 86.0 Å². The van der Waals surface area contributed by atoms with Gasteiger partial charge >= 0.3 is 0 Å². The first kappa shape index (κ1) is 39.0. The number of hydrogen-bond acceptors (Lipinski definition) is 17. The molecule has 4 aliphatic heterocycles. The Bertz CT molecular complexity index is 2080. The van der Waals surface area contributed by atoms with Gasteiger partial charge in [0.1, 0.15) is 55.8 Å². The second-order valence-electron chi connectivity index (χ2n) is 14.6. The van der Waals surface area contributed by atoms with Crippen molar-refractivity contribution in [1.82, 2.24) is 16.0 Å². The molecule has 3 fully saturated rings. The molecule has 0 aromatic heterocycles. The highest BCUT2D eigenvalue weighted by Crippen LogP contribution is 2.49. The van der Waals surface area contributed by atoms with E-state index >= 15 is 0 Å². The zero-order valence-electron chi connectivity index (χ0n) is 30.4.